The maximum atomic E-state index is 12.8. The molecule has 5 heteroatoms. The van der Waals surface area contributed by atoms with E-state index in [1.807, 2.05) is 36.6 Å². The fraction of sp³-hybridized carbons (Fsp3) is 0.474. The van der Waals surface area contributed by atoms with Crippen molar-refractivity contribution < 1.29 is 9.90 Å². The van der Waals surface area contributed by atoms with E-state index in [1.165, 1.54) is 0 Å². The molecule has 1 heterocycles. The third-order valence-electron chi connectivity index (χ3n) is 3.86. The molecular formula is C19H26N2O2S. The Morgan fingerprint density at radius 2 is 2.08 bits per heavy atom. The van der Waals surface area contributed by atoms with Crippen molar-refractivity contribution in [1.29, 1.82) is 0 Å². The standard InChI is InChI=1S/C19H26N2O2S/c1-13(2)10-15-11-17(16-6-4-5-7-18(16)20-15)19(23)21-14(12-22)8-9-24-3/h4-7,11,13-14,22H,8-10,12H2,1-3H3,(H,21,23). The summed E-state index contributed by atoms with van der Waals surface area (Å²) in [5, 5.41) is 13.3. The molecule has 1 unspecified atom stereocenters. The molecule has 0 aliphatic heterocycles. The largest absolute Gasteiger partial charge is 0.394 e. The highest BCUT2D eigenvalue weighted by Crippen LogP contribution is 2.20. The minimum Gasteiger partial charge on any atom is -0.394 e. The van der Waals surface area contributed by atoms with Crippen LogP contribution in [0.1, 0.15) is 36.3 Å². The van der Waals surface area contributed by atoms with Crippen molar-refractivity contribution in [2.45, 2.75) is 32.7 Å². The van der Waals surface area contributed by atoms with Gasteiger partial charge in [0, 0.05) is 11.1 Å². The van der Waals surface area contributed by atoms with Gasteiger partial charge in [-0.05, 0) is 42.9 Å². The van der Waals surface area contributed by atoms with E-state index in [0.717, 1.165) is 35.2 Å². The number of aliphatic hydroxyl groups is 1. The zero-order valence-electron chi connectivity index (χ0n) is 14.6. The number of aliphatic hydroxyl groups excluding tert-OH is 1. The van der Waals surface area contributed by atoms with Crippen LogP contribution in [0.15, 0.2) is 30.3 Å². The van der Waals surface area contributed by atoms with E-state index in [9.17, 15) is 9.90 Å². The minimum atomic E-state index is -0.217. The molecule has 0 aliphatic carbocycles. The summed E-state index contributed by atoms with van der Waals surface area (Å²) < 4.78 is 0. The number of aromatic nitrogens is 1. The van der Waals surface area contributed by atoms with Crippen molar-refractivity contribution in [2.75, 3.05) is 18.6 Å². The Hall–Kier alpha value is -1.59. The summed E-state index contributed by atoms with van der Waals surface area (Å²) in [4.78, 5) is 17.4. The molecule has 2 rings (SSSR count). The Morgan fingerprint density at radius 3 is 2.75 bits per heavy atom. The zero-order chi connectivity index (χ0) is 17.5. The molecule has 1 aromatic heterocycles. The lowest BCUT2D eigenvalue weighted by atomic mass is 10.0. The molecule has 2 aromatic rings. The number of pyridine rings is 1. The first-order valence-electron chi connectivity index (χ1n) is 8.34. The van der Waals surface area contributed by atoms with E-state index in [2.05, 4.69) is 24.1 Å². The van der Waals surface area contributed by atoms with Crippen LogP contribution in [0, 0.1) is 5.92 Å². The number of hydrogen-bond acceptors (Lipinski definition) is 4. The minimum absolute atomic E-state index is 0.0475. The van der Waals surface area contributed by atoms with E-state index in [0.29, 0.717) is 11.5 Å². The Kier molecular flexibility index (Phi) is 7.06. The van der Waals surface area contributed by atoms with E-state index in [-0.39, 0.29) is 18.6 Å². The fourth-order valence-corrected chi connectivity index (χ4v) is 3.19. The van der Waals surface area contributed by atoms with Gasteiger partial charge in [0.2, 0.25) is 0 Å². The van der Waals surface area contributed by atoms with Crippen molar-refractivity contribution in [3.63, 3.8) is 0 Å². The lowest BCUT2D eigenvalue weighted by Crippen LogP contribution is -2.38. The first-order valence-corrected chi connectivity index (χ1v) is 9.73. The topological polar surface area (TPSA) is 62.2 Å². The zero-order valence-corrected chi connectivity index (χ0v) is 15.4. The van der Waals surface area contributed by atoms with Gasteiger partial charge in [-0.3, -0.25) is 9.78 Å². The molecule has 1 aromatic carbocycles. The molecule has 0 bridgehead atoms. The molecule has 4 nitrogen and oxygen atoms in total. The molecule has 0 saturated carbocycles. The number of carbonyl (C=O) groups excluding carboxylic acids is 1. The van der Waals surface area contributed by atoms with Crippen LogP contribution in [-0.2, 0) is 6.42 Å². The number of para-hydroxylation sites is 1. The van der Waals surface area contributed by atoms with Crippen molar-refractivity contribution in [2.24, 2.45) is 5.92 Å². The molecule has 2 N–H and O–H groups in total. The predicted octanol–water partition coefficient (Wildman–Crippen LogP) is 3.28. The van der Waals surface area contributed by atoms with E-state index in [1.54, 1.807) is 11.8 Å². The summed E-state index contributed by atoms with van der Waals surface area (Å²) in [6.07, 6.45) is 3.61. The molecule has 0 spiro atoms. The lowest BCUT2D eigenvalue weighted by Gasteiger charge is -2.17. The van der Waals surface area contributed by atoms with Crippen LogP contribution in [0.4, 0.5) is 0 Å². The van der Waals surface area contributed by atoms with Gasteiger partial charge in [0.25, 0.3) is 5.91 Å². The van der Waals surface area contributed by atoms with E-state index < -0.39 is 0 Å². The summed E-state index contributed by atoms with van der Waals surface area (Å²) in [5.74, 6) is 1.24. The summed E-state index contributed by atoms with van der Waals surface area (Å²) in [6.45, 7) is 4.23. The van der Waals surface area contributed by atoms with E-state index >= 15 is 0 Å². The molecule has 0 radical (unpaired) electrons. The van der Waals surface area contributed by atoms with Crippen LogP contribution < -0.4 is 5.32 Å². The van der Waals surface area contributed by atoms with Crippen LogP contribution in [0.5, 0.6) is 0 Å². The number of carbonyl (C=O) groups is 1. The number of fused-ring (bicyclic) bond motifs is 1. The highest BCUT2D eigenvalue weighted by molar-refractivity contribution is 7.98. The van der Waals surface area contributed by atoms with Crippen molar-refractivity contribution in [3.8, 4) is 0 Å². The van der Waals surface area contributed by atoms with Gasteiger partial charge in [-0.15, -0.1) is 0 Å². The maximum absolute atomic E-state index is 12.8. The fourth-order valence-electron chi connectivity index (χ4n) is 2.67. The highest BCUT2D eigenvalue weighted by atomic mass is 32.2. The first-order chi connectivity index (χ1) is 11.5. The molecule has 24 heavy (non-hydrogen) atoms. The molecule has 130 valence electrons. The SMILES string of the molecule is CSCCC(CO)NC(=O)c1cc(CC(C)C)nc2ccccc12. The van der Waals surface area contributed by atoms with Crippen LogP contribution in [0.25, 0.3) is 10.9 Å². The third-order valence-corrected chi connectivity index (χ3v) is 4.50. The highest BCUT2D eigenvalue weighted by Gasteiger charge is 2.17. The quantitative estimate of drug-likeness (QED) is 0.770. The maximum Gasteiger partial charge on any atom is 0.252 e. The number of nitrogens with one attached hydrogen (secondary N) is 1. The van der Waals surface area contributed by atoms with Gasteiger partial charge < -0.3 is 10.4 Å². The molecule has 0 fully saturated rings. The normalized spacial score (nSPS) is 12.5. The third kappa shape index (κ3) is 4.95. The van der Waals surface area contributed by atoms with Gasteiger partial charge in [0.05, 0.1) is 23.7 Å². The van der Waals surface area contributed by atoms with E-state index in [4.69, 9.17) is 0 Å². The number of hydrogen-bond donors (Lipinski definition) is 2. The second-order valence-corrected chi connectivity index (χ2v) is 7.40. The number of nitrogens with zero attached hydrogens (tertiary/aromatic N) is 1. The van der Waals surface area contributed by atoms with Gasteiger partial charge in [0.1, 0.15) is 0 Å². The number of thioether (sulfide) groups is 1. The lowest BCUT2D eigenvalue weighted by molar-refractivity contribution is 0.0917. The van der Waals surface area contributed by atoms with Gasteiger partial charge in [-0.2, -0.15) is 11.8 Å². The van der Waals surface area contributed by atoms with Crippen LogP contribution >= 0.6 is 11.8 Å². The number of benzene rings is 1. The number of rotatable bonds is 8. The molecule has 1 atom stereocenters. The van der Waals surface area contributed by atoms with Crippen LogP contribution in [0.2, 0.25) is 0 Å². The average molecular weight is 346 g/mol. The Morgan fingerprint density at radius 1 is 1.33 bits per heavy atom. The molecule has 0 aliphatic rings. The average Bonchev–Trinajstić information content (AvgIpc) is 2.57. The van der Waals surface area contributed by atoms with Crippen molar-refractivity contribution in [1.82, 2.24) is 10.3 Å². The summed E-state index contributed by atoms with van der Waals surface area (Å²) in [6, 6.07) is 9.39. The summed E-state index contributed by atoms with van der Waals surface area (Å²) in [7, 11) is 0. The Labute approximate surface area is 148 Å². The first kappa shape index (κ1) is 18.7. The van der Waals surface area contributed by atoms with Crippen molar-refractivity contribution >= 4 is 28.6 Å². The second-order valence-electron chi connectivity index (χ2n) is 6.41. The molecule has 0 saturated heterocycles. The van der Waals surface area contributed by atoms with Gasteiger partial charge in [-0.25, -0.2) is 0 Å². The van der Waals surface area contributed by atoms with Crippen LogP contribution in [-0.4, -0.2) is 40.7 Å². The molecule has 1 amide bonds. The van der Waals surface area contributed by atoms with Gasteiger partial charge in [0.15, 0.2) is 0 Å². The predicted molar refractivity (Wildman–Crippen MR) is 102 cm³/mol. The summed E-state index contributed by atoms with van der Waals surface area (Å²) in [5.41, 5.74) is 2.41. The van der Waals surface area contributed by atoms with Crippen LogP contribution in [0.3, 0.4) is 0 Å². The Bertz CT molecular complexity index is 688. The summed E-state index contributed by atoms with van der Waals surface area (Å²) >= 11 is 1.71. The number of amides is 1. The van der Waals surface area contributed by atoms with Gasteiger partial charge >= 0.3 is 0 Å². The smallest absolute Gasteiger partial charge is 0.252 e. The van der Waals surface area contributed by atoms with Gasteiger partial charge in [-0.1, -0.05) is 32.0 Å². The van der Waals surface area contributed by atoms with Crippen molar-refractivity contribution in [3.05, 3.63) is 41.6 Å². The second kappa shape index (κ2) is 9.04. The molecular weight excluding hydrogens is 320 g/mol. The Balaban J connectivity index is 2.32. The monoisotopic (exact) mass is 346 g/mol.